The predicted octanol–water partition coefficient (Wildman–Crippen LogP) is 3.23. The molecule has 1 N–H and O–H groups in total. The van der Waals surface area contributed by atoms with Crippen LogP contribution in [0.2, 0.25) is 0 Å². The lowest BCUT2D eigenvalue weighted by atomic mass is 9.80. The van der Waals surface area contributed by atoms with Gasteiger partial charge < -0.3 is 19.5 Å². The van der Waals surface area contributed by atoms with E-state index in [1.54, 1.807) is 27.7 Å². The van der Waals surface area contributed by atoms with Gasteiger partial charge in [0.15, 0.2) is 0 Å². The number of nitro groups is 1. The molecule has 0 aliphatic carbocycles. The van der Waals surface area contributed by atoms with Crippen LogP contribution in [0.5, 0.6) is 0 Å². The van der Waals surface area contributed by atoms with Crippen LogP contribution in [0.25, 0.3) is 0 Å². The van der Waals surface area contributed by atoms with E-state index in [-0.39, 0.29) is 54.1 Å². The molecule has 184 valence electrons. The molecule has 0 bridgehead atoms. The zero-order valence-corrected chi connectivity index (χ0v) is 20.4. The molecule has 1 unspecified atom stereocenters. The van der Waals surface area contributed by atoms with Gasteiger partial charge in [0.2, 0.25) is 0 Å². The maximum absolute atomic E-state index is 13.1. The van der Waals surface area contributed by atoms with Gasteiger partial charge in [-0.3, -0.25) is 14.9 Å². The average molecular weight is 493 g/mol. The molecule has 2 rings (SSSR count). The number of nitrogens with one attached hydrogen (secondary N) is 1. The highest BCUT2D eigenvalue weighted by Gasteiger charge is 2.39. The van der Waals surface area contributed by atoms with Crippen LogP contribution in [-0.4, -0.2) is 54.2 Å². The van der Waals surface area contributed by atoms with Crippen LogP contribution < -0.4 is 5.32 Å². The Hall–Kier alpha value is -3.34. The molecule has 0 radical (unpaired) electrons. The minimum absolute atomic E-state index is 0.0742. The molecule has 10 nitrogen and oxygen atoms in total. The molecule has 0 spiro atoms. The van der Waals surface area contributed by atoms with E-state index in [1.165, 1.54) is 36.0 Å². The van der Waals surface area contributed by atoms with Crippen molar-refractivity contribution in [3.05, 3.63) is 62.5 Å². The first-order chi connectivity index (χ1) is 16.2. The summed E-state index contributed by atoms with van der Waals surface area (Å²) in [6, 6.07) is 5.63. The summed E-state index contributed by atoms with van der Waals surface area (Å²) in [5.41, 5.74) is 1.70. The summed E-state index contributed by atoms with van der Waals surface area (Å²) in [4.78, 5) is 48.3. The molecule has 1 atom stereocenters. The lowest BCUT2D eigenvalue weighted by Gasteiger charge is -2.31. The van der Waals surface area contributed by atoms with E-state index in [2.05, 4.69) is 5.32 Å². The number of rotatable bonds is 11. The van der Waals surface area contributed by atoms with Crippen LogP contribution in [0.4, 0.5) is 5.69 Å². The third-order valence-electron chi connectivity index (χ3n) is 4.84. The molecule has 0 fully saturated rings. The molecule has 1 aliphatic heterocycles. The monoisotopic (exact) mass is 492 g/mol. The summed E-state index contributed by atoms with van der Waals surface area (Å²) in [5, 5.41) is 14.2. The molecule has 1 aliphatic rings. The van der Waals surface area contributed by atoms with E-state index < -0.39 is 22.8 Å². The zero-order valence-electron chi connectivity index (χ0n) is 19.5. The number of ether oxygens (including phenoxy) is 3. The molecular formula is C23H28N2O8S. The minimum Gasteiger partial charge on any atom is -0.465 e. The Morgan fingerprint density at radius 1 is 0.971 bits per heavy atom. The van der Waals surface area contributed by atoms with Gasteiger partial charge in [-0.25, -0.2) is 9.59 Å². The van der Waals surface area contributed by atoms with Crippen molar-refractivity contribution >= 4 is 35.4 Å². The van der Waals surface area contributed by atoms with Gasteiger partial charge in [0.1, 0.15) is 0 Å². The highest BCUT2D eigenvalue weighted by Crippen LogP contribution is 2.40. The zero-order chi connectivity index (χ0) is 25.3. The molecule has 0 saturated heterocycles. The van der Waals surface area contributed by atoms with Gasteiger partial charge in [-0.2, -0.15) is 0 Å². The molecule has 1 aromatic rings. The number of non-ortho nitro benzene ring substituents is 1. The average Bonchev–Trinajstić information content (AvgIpc) is 2.79. The van der Waals surface area contributed by atoms with E-state index in [1.807, 2.05) is 0 Å². The van der Waals surface area contributed by atoms with E-state index in [0.29, 0.717) is 17.0 Å². The van der Waals surface area contributed by atoms with Gasteiger partial charge in [0.05, 0.1) is 47.6 Å². The van der Waals surface area contributed by atoms with Crippen LogP contribution in [-0.2, 0) is 28.6 Å². The van der Waals surface area contributed by atoms with Crippen LogP contribution in [0.3, 0.4) is 0 Å². The summed E-state index contributed by atoms with van der Waals surface area (Å²) in [5.74, 6) is -2.20. The van der Waals surface area contributed by atoms with Crippen LogP contribution in [0.1, 0.15) is 39.2 Å². The van der Waals surface area contributed by atoms with E-state index in [0.717, 1.165) is 0 Å². The summed E-state index contributed by atoms with van der Waals surface area (Å²) in [7, 11) is 0. The second-order valence-electron chi connectivity index (χ2n) is 7.08. The van der Waals surface area contributed by atoms with Gasteiger partial charge in [-0.15, -0.1) is 11.8 Å². The Labute approximate surface area is 201 Å². The Balaban J connectivity index is 2.58. The van der Waals surface area contributed by atoms with Crippen LogP contribution >= 0.6 is 11.8 Å². The largest absolute Gasteiger partial charge is 0.465 e. The number of dihydropyridines is 1. The Morgan fingerprint density at radius 2 is 1.53 bits per heavy atom. The first kappa shape index (κ1) is 26.9. The number of esters is 3. The van der Waals surface area contributed by atoms with Crippen LogP contribution in [0.15, 0.2) is 46.8 Å². The number of carbonyl (C=O) groups excluding carboxylic acids is 3. The molecule has 1 aromatic carbocycles. The summed E-state index contributed by atoms with van der Waals surface area (Å²) < 4.78 is 15.5. The smallest absolute Gasteiger partial charge is 0.336 e. The standard InChI is InChI=1S/C23H28N2O8S/c1-5-31-18(26)13-34-12-17-21(23(28)33-7-3)20(15-8-10-16(11-9-15)25(29)30)19(14(4)24-17)22(27)32-6-2/h8-11,20,24H,5-7,12-13H2,1-4H3. The van der Waals surface area contributed by atoms with Crippen molar-refractivity contribution in [2.45, 2.75) is 33.6 Å². The van der Waals surface area contributed by atoms with Crippen molar-refractivity contribution in [3.8, 4) is 0 Å². The van der Waals surface area contributed by atoms with Gasteiger partial charge in [-0.1, -0.05) is 12.1 Å². The number of hydrogen-bond acceptors (Lipinski definition) is 10. The highest BCUT2D eigenvalue weighted by molar-refractivity contribution is 8.00. The van der Waals surface area contributed by atoms with Crippen molar-refractivity contribution in [2.24, 2.45) is 0 Å². The predicted molar refractivity (Wildman–Crippen MR) is 126 cm³/mol. The van der Waals surface area contributed by atoms with Crippen LogP contribution in [0, 0.1) is 10.1 Å². The first-order valence-electron chi connectivity index (χ1n) is 10.8. The number of allylic oxidation sites excluding steroid dienone is 1. The highest BCUT2D eigenvalue weighted by atomic mass is 32.2. The number of nitro benzene ring substituents is 1. The van der Waals surface area contributed by atoms with E-state index in [4.69, 9.17) is 14.2 Å². The topological polar surface area (TPSA) is 134 Å². The summed E-state index contributed by atoms with van der Waals surface area (Å²) >= 11 is 1.24. The minimum atomic E-state index is -0.877. The second kappa shape index (κ2) is 12.8. The van der Waals surface area contributed by atoms with Crippen molar-refractivity contribution < 1.29 is 33.5 Å². The maximum atomic E-state index is 13.1. The van der Waals surface area contributed by atoms with Gasteiger partial charge in [0.25, 0.3) is 5.69 Å². The normalized spacial score (nSPS) is 15.5. The molecule has 1 heterocycles. The maximum Gasteiger partial charge on any atom is 0.336 e. The molecular weight excluding hydrogens is 464 g/mol. The third-order valence-corrected chi connectivity index (χ3v) is 5.78. The number of carbonyl (C=O) groups is 3. The number of hydrogen-bond donors (Lipinski definition) is 1. The van der Waals surface area contributed by atoms with Crippen molar-refractivity contribution in [2.75, 3.05) is 31.3 Å². The van der Waals surface area contributed by atoms with E-state index in [9.17, 15) is 24.5 Å². The van der Waals surface area contributed by atoms with Crippen molar-refractivity contribution in [1.82, 2.24) is 5.32 Å². The third kappa shape index (κ3) is 6.60. The Morgan fingerprint density at radius 3 is 2.06 bits per heavy atom. The lowest BCUT2D eigenvalue weighted by Crippen LogP contribution is -2.34. The number of benzene rings is 1. The molecule has 11 heteroatoms. The SMILES string of the molecule is CCOC(=O)CSCC1=C(C(=O)OCC)C(c2ccc([N+](=O)[O-])cc2)C(C(=O)OCC)=C(C)N1. The fourth-order valence-corrected chi connectivity index (χ4v) is 4.28. The first-order valence-corrected chi connectivity index (χ1v) is 11.9. The molecule has 0 saturated carbocycles. The molecule has 34 heavy (non-hydrogen) atoms. The van der Waals surface area contributed by atoms with Crippen molar-refractivity contribution in [1.29, 1.82) is 0 Å². The van der Waals surface area contributed by atoms with Gasteiger partial charge in [0, 0.05) is 29.3 Å². The van der Waals surface area contributed by atoms with Crippen molar-refractivity contribution in [3.63, 3.8) is 0 Å². The lowest BCUT2D eigenvalue weighted by molar-refractivity contribution is -0.384. The fourth-order valence-electron chi connectivity index (χ4n) is 3.50. The Kier molecular flexibility index (Phi) is 10.1. The summed E-state index contributed by atoms with van der Waals surface area (Å²) in [6.45, 7) is 7.23. The number of nitrogens with zero attached hydrogens (tertiary/aromatic N) is 1. The quantitative estimate of drug-likeness (QED) is 0.212. The Bertz CT molecular complexity index is 1000. The van der Waals surface area contributed by atoms with E-state index >= 15 is 0 Å². The molecule has 0 aromatic heterocycles. The second-order valence-corrected chi connectivity index (χ2v) is 8.06. The number of thioether (sulfide) groups is 1. The van der Waals surface area contributed by atoms with Gasteiger partial charge >= 0.3 is 17.9 Å². The fraction of sp³-hybridized carbons (Fsp3) is 0.435. The van der Waals surface area contributed by atoms with Gasteiger partial charge in [-0.05, 0) is 33.3 Å². The summed E-state index contributed by atoms with van der Waals surface area (Å²) in [6.07, 6.45) is 0. The molecule has 0 amide bonds.